The number of hydrogen-bond acceptors (Lipinski definition) is 4. The van der Waals surface area contributed by atoms with Crippen LogP contribution < -0.4 is 10.2 Å². The lowest BCUT2D eigenvalue weighted by molar-refractivity contribution is -0.138. The highest BCUT2D eigenvalue weighted by Crippen LogP contribution is 2.27. The van der Waals surface area contributed by atoms with Crippen molar-refractivity contribution >= 4 is 23.2 Å². The van der Waals surface area contributed by atoms with E-state index in [4.69, 9.17) is 4.74 Å². The van der Waals surface area contributed by atoms with Gasteiger partial charge in [0.15, 0.2) is 0 Å². The molecule has 0 bridgehead atoms. The SMILES string of the molecule is COCC(=O)Nc1ccc(N(C)C)c(CN(C(=O)C(C)C)C(C)C(C)C)c1. The number of methoxy groups -OCH3 is 1. The minimum Gasteiger partial charge on any atom is -0.377 e. The van der Waals surface area contributed by atoms with Gasteiger partial charge in [-0.05, 0) is 36.6 Å². The largest absolute Gasteiger partial charge is 0.377 e. The molecule has 2 amide bonds. The molecule has 1 rings (SSSR count). The van der Waals surface area contributed by atoms with E-state index >= 15 is 0 Å². The first-order valence-corrected chi connectivity index (χ1v) is 9.48. The van der Waals surface area contributed by atoms with E-state index < -0.39 is 0 Å². The number of amides is 2. The molecule has 1 atom stereocenters. The van der Waals surface area contributed by atoms with Gasteiger partial charge in [-0.1, -0.05) is 27.7 Å². The predicted octanol–water partition coefficient (Wildman–Crippen LogP) is 3.37. The number of nitrogens with one attached hydrogen (secondary N) is 1. The van der Waals surface area contributed by atoms with E-state index in [-0.39, 0.29) is 30.4 Å². The molecule has 152 valence electrons. The lowest BCUT2D eigenvalue weighted by Gasteiger charge is -2.34. The van der Waals surface area contributed by atoms with Crippen molar-refractivity contribution in [3.63, 3.8) is 0 Å². The fourth-order valence-corrected chi connectivity index (χ4v) is 2.85. The first kappa shape index (κ1) is 23.0. The molecule has 0 radical (unpaired) electrons. The van der Waals surface area contributed by atoms with Crippen molar-refractivity contribution in [1.29, 1.82) is 0 Å². The molecule has 0 aliphatic carbocycles. The van der Waals surface area contributed by atoms with Gasteiger partial charge in [-0.15, -0.1) is 0 Å². The van der Waals surface area contributed by atoms with E-state index in [9.17, 15) is 9.59 Å². The summed E-state index contributed by atoms with van der Waals surface area (Å²) in [6.45, 7) is 10.7. The molecule has 0 fully saturated rings. The molecule has 0 aromatic heterocycles. The van der Waals surface area contributed by atoms with Crippen LogP contribution in [0.3, 0.4) is 0 Å². The Hall–Kier alpha value is -2.08. The molecule has 0 spiro atoms. The standard InChI is InChI=1S/C21H35N3O3/c1-14(2)16(5)24(21(26)15(3)4)12-17-11-18(22-20(25)13-27-8)9-10-19(17)23(6)7/h9-11,14-16H,12-13H2,1-8H3,(H,22,25). The highest BCUT2D eigenvalue weighted by Gasteiger charge is 2.26. The first-order chi connectivity index (χ1) is 12.6. The summed E-state index contributed by atoms with van der Waals surface area (Å²) < 4.78 is 4.88. The minimum atomic E-state index is -0.202. The summed E-state index contributed by atoms with van der Waals surface area (Å²) in [6.07, 6.45) is 0. The molecule has 1 aromatic rings. The number of rotatable bonds is 9. The van der Waals surface area contributed by atoms with Crippen LogP contribution in [0.15, 0.2) is 18.2 Å². The van der Waals surface area contributed by atoms with Crippen LogP contribution in [0.25, 0.3) is 0 Å². The van der Waals surface area contributed by atoms with Crippen molar-refractivity contribution in [1.82, 2.24) is 4.90 Å². The molecule has 1 unspecified atom stereocenters. The lowest BCUT2D eigenvalue weighted by Crippen LogP contribution is -2.43. The van der Waals surface area contributed by atoms with Gasteiger partial charge in [0.1, 0.15) is 6.61 Å². The van der Waals surface area contributed by atoms with Gasteiger partial charge in [0, 0.05) is 51.1 Å². The average molecular weight is 378 g/mol. The average Bonchev–Trinajstić information content (AvgIpc) is 2.58. The Kier molecular flexibility index (Phi) is 8.76. The number of benzene rings is 1. The van der Waals surface area contributed by atoms with Crippen LogP contribution in [-0.4, -0.2) is 50.6 Å². The van der Waals surface area contributed by atoms with Gasteiger partial charge in [0.2, 0.25) is 11.8 Å². The molecule has 6 heteroatoms. The zero-order valence-electron chi connectivity index (χ0n) is 18.0. The Morgan fingerprint density at radius 1 is 1.11 bits per heavy atom. The monoisotopic (exact) mass is 377 g/mol. The van der Waals surface area contributed by atoms with Crippen LogP contribution in [0, 0.1) is 11.8 Å². The summed E-state index contributed by atoms with van der Waals surface area (Å²) in [5.41, 5.74) is 2.72. The van der Waals surface area contributed by atoms with Gasteiger partial charge in [0.05, 0.1) is 0 Å². The van der Waals surface area contributed by atoms with Gasteiger partial charge < -0.3 is 19.9 Å². The Balaban J connectivity index is 3.24. The molecule has 0 aliphatic heterocycles. The highest BCUT2D eigenvalue weighted by molar-refractivity contribution is 5.92. The van der Waals surface area contributed by atoms with Gasteiger partial charge in [-0.3, -0.25) is 9.59 Å². The highest BCUT2D eigenvalue weighted by atomic mass is 16.5. The number of nitrogens with zero attached hydrogens (tertiary/aromatic N) is 2. The van der Waals surface area contributed by atoms with E-state index in [1.165, 1.54) is 7.11 Å². The Labute approximate surface area is 163 Å². The van der Waals surface area contributed by atoms with Gasteiger partial charge >= 0.3 is 0 Å². The predicted molar refractivity (Wildman–Crippen MR) is 111 cm³/mol. The molecular weight excluding hydrogens is 342 g/mol. The lowest BCUT2D eigenvalue weighted by atomic mass is 10.0. The maximum absolute atomic E-state index is 12.8. The molecule has 1 aromatic carbocycles. The topological polar surface area (TPSA) is 61.9 Å². The first-order valence-electron chi connectivity index (χ1n) is 9.48. The fraction of sp³-hybridized carbons (Fsp3) is 0.619. The van der Waals surface area contributed by atoms with E-state index in [1.807, 2.05) is 55.9 Å². The second kappa shape index (κ2) is 10.3. The number of ether oxygens (including phenoxy) is 1. The van der Waals surface area contributed by atoms with Crippen LogP contribution >= 0.6 is 0 Å². The summed E-state index contributed by atoms with van der Waals surface area (Å²) in [6, 6.07) is 5.89. The minimum absolute atomic E-state index is 0.00705. The number of anilines is 2. The summed E-state index contributed by atoms with van der Waals surface area (Å²) in [4.78, 5) is 28.7. The van der Waals surface area contributed by atoms with Crippen LogP contribution in [0.5, 0.6) is 0 Å². The second-order valence-electron chi connectivity index (χ2n) is 7.82. The molecule has 27 heavy (non-hydrogen) atoms. The van der Waals surface area contributed by atoms with Gasteiger partial charge in [-0.25, -0.2) is 0 Å². The molecule has 0 saturated carbocycles. The number of carbonyl (C=O) groups excluding carboxylic acids is 2. The third-order valence-corrected chi connectivity index (χ3v) is 4.69. The molecule has 0 aliphatic rings. The van der Waals surface area contributed by atoms with Gasteiger partial charge in [-0.2, -0.15) is 0 Å². The van der Waals surface area contributed by atoms with Crippen LogP contribution in [0.4, 0.5) is 11.4 Å². The van der Waals surface area contributed by atoms with Crippen LogP contribution in [0.1, 0.15) is 40.2 Å². The third kappa shape index (κ3) is 6.54. The summed E-state index contributed by atoms with van der Waals surface area (Å²) in [5.74, 6) is 0.208. The van der Waals surface area contributed by atoms with Crippen molar-refractivity contribution < 1.29 is 14.3 Å². The quantitative estimate of drug-likeness (QED) is 0.717. The second-order valence-corrected chi connectivity index (χ2v) is 7.82. The number of carbonyl (C=O) groups is 2. The van der Waals surface area contributed by atoms with Gasteiger partial charge in [0.25, 0.3) is 0 Å². The summed E-state index contributed by atoms with van der Waals surface area (Å²) in [5, 5.41) is 2.84. The fourth-order valence-electron chi connectivity index (χ4n) is 2.85. The van der Waals surface area contributed by atoms with Crippen LogP contribution in [0.2, 0.25) is 0 Å². The van der Waals surface area contributed by atoms with Crippen molar-refractivity contribution in [2.75, 3.05) is 38.0 Å². The summed E-state index contributed by atoms with van der Waals surface area (Å²) in [7, 11) is 5.44. The summed E-state index contributed by atoms with van der Waals surface area (Å²) >= 11 is 0. The van der Waals surface area contributed by atoms with Crippen LogP contribution in [-0.2, 0) is 20.9 Å². The Bertz CT molecular complexity index is 642. The molecular formula is C21H35N3O3. The van der Waals surface area contributed by atoms with E-state index in [0.717, 1.165) is 11.3 Å². The Morgan fingerprint density at radius 3 is 2.22 bits per heavy atom. The zero-order chi connectivity index (χ0) is 20.7. The molecule has 1 N–H and O–H groups in total. The van der Waals surface area contributed by atoms with E-state index in [1.54, 1.807) is 0 Å². The third-order valence-electron chi connectivity index (χ3n) is 4.69. The maximum Gasteiger partial charge on any atom is 0.250 e. The molecule has 6 nitrogen and oxygen atoms in total. The zero-order valence-corrected chi connectivity index (χ0v) is 18.0. The normalized spacial score (nSPS) is 12.2. The van der Waals surface area contributed by atoms with E-state index in [2.05, 4.69) is 26.1 Å². The smallest absolute Gasteiger partial charge is 0.250 e. The van der Waals surface area contributed by atoms with E-state index in [0.29, 0.717) is 18.2 Å². The number of hydrogen-bond donors (Lipinski definition) is 1. The Morgan fingerprint density at radius 2 is 1.74 bits per heavy atom. The van der Waals surface area contributed by atoms with Crippen molar-refractivity contribution in [2.45, 2.75) is 47.2 Å². The van der Waals surface area contributed by atoms with Crippen molar-refractivity contribution in [3.05, 3.63) is 23.8 Å². The van der Waals surface area contributed by atoms with Crippen molar-refractivity contribution in [2.24, 2.45) is 11.8 Å². The molecule has 0 heterocycles. The maximum atomic E-state index is 12.8. The van der Waals surface area contributed by atoms with Crippen molar-refractivity contribution in [3.8, 4) is 0 Å². The molecule has 0 saturated heterocycles.